The van der Waals surface area contributed by atoms with Crippen LogP contribution in [0.4, 0.5) is 0 Å². The maximum atomic E-state index is 13.1. The number of nitrogens with zero attached hydrogens (tertiary/aromatic N) is 3. The van der Waals surface area contributed by atoms with Crippen LogP contribution < -0.4 is 5.56 Å². The van der Waals surface area contributed by atoms with E-state index in [0.717, 1.165) is 11.1 Å². The van der Waals surface area contributed by atoms with Gasteiger partial charge in [0.1, 0.15) is 11.3 Å². The number of thioether (sulfide) groups is 1. The fourth-order valence-electron chi connectivity index (χ4n) is 3.09. The smallest absolute Gasteiger partial charge is 0.262 e. The normalized spacial score (nSPS) is 11.5. The summed E-state index contributed by atoms with van der Waals surface area (Å²) >= 11 is 7.48. The SMILES string of the molecule is O=c1c2ccc(Cl)cc2nc(SCc2nc3ccccc3o2)n1Cc1ccco1. The summed E-state index contributed by atoms with van der Waals surface area (Å²) in [6.45, 7) is 0.285. The van der Waals surface area contributed by atoms with E-state index < -0.39 is 0 Å². The Morgan fingerprint density at radius 1 is 1.03 bits per heavy atom. The fourth-order valence-corrected chi connectivity index (χ4v) is 4.10. The third-order valence-electron chi connectivity index (χ3n) is 4.44. The number of aromatic nitrogens is 3. The highest BCUT2D eigenvalue weighted by atomic mass is 35.5. The molecule has 2 aromatic carbocycles. The number of hydrogen-bond donors (Lipinski definition) is 0. The lowest BCUT2D eigenvalue weighted by Gasteiger charge is -2.11. The molecule has 3 aromatic heterocycles. The molecule has 5 aromatic rings. The standard InChI is InChI=1S/C21H14ClN3O3S/c22-13-7-8-15-17(10-13)24-21(25(20(15)26)11-14-4-3-9-27-14)29-12-19-23-16-5-1-2-6-18(16)28-19/h1-10H,11-12H2. The zero-order valence-corrected chi connectivity index (χ0v) is 16.6. The molecule has 0 aliphatic heterocycles. The van der Waals surface area contributed by atoms with E-state index in [9.17, 15) is 4.79 Å². The molecule has 0 bridgehead atoms. The van der Waals surface area contributed by atoms with Crippen molar-refractivity contribution in [2.75, 3.05) is 0 Å². The van der Waals surface area contributed by atoms with Gasteiger partial charge in [-0.3, -0.25) is 9.36 Å². The Morgan fingerprint density at radius 3 is 2.76 bits per heavy atom. The van der Waals surface area contributed by atoms with Crippen LogP contribution >= 0.6 is 23.4 Å². The van der Waals surface area contributed by atoms with Gasteiger partial charge in [-0.25, -0.2) is 9.97 Å². The van der Waals surface area contributed by atoms with Crippen molar-refractivity contribution in [2.45, 2.75) is 17.5 Å². The molecule has 0 spiro atoms. The third kappa shape index (κ3) is 3.54. The molecule has 0 saturated carbocycles. The summed E-state index contributed by atoms with van der Waals surface area (Å²) in [5, 5.41) is 1.58. The number of para-hydroxylation sites is 2. The van der Waals surface area contributed by atoms with E-state index >= 15 is 0 Å². The van der Waals surface area contributed by atoms with Gasteiger partial charge in [-0.05, 0) is 42.5 Å². The zero-order valence-electron chi connectivity index (χ0n) is 15.0. The molecule has 0 N–H and O–H groups in total. The summed E-state index contributed by atoms with van der Waals surface area (Å²) in [6.07, 6.45) is 1.58. The number of rotatable bonds is 5. The van der Waals surface area contributed by atoms with Crippen molar-refractivity contribution in [1.29, 1.82) is 0 Å². The Kier molecular flexibility index (Phi) is 4.61. The van der Waals surface area contributed by atoms with Gasteiger partial charge in [0, 0.05) is 5.02 Å². The average molecular weight is 424 g/mol. The second-order valence-electron chi connectivity index (χ2n) is 6.39. The molecule has 0 atom stereocenters. The van der Waals surface area contributed by atoms with Crippen LogP contribution in [0.3, 0.4) is 0 Å². The zero-order chi connectivity index (χ0) is 19.8. The van der Waals surface area contributed by atoms with Crippen molar-refractivity contribution in [1.82, 2.24) is 14.5 Å². The van der Waals surface area contributed by atoms with Gasteiger partial charge >= 0.3 is 0 Å². The van der Waals surface area contributed by atoms with E-state index in [1.807, 2.05) is 30.3 Å². The molecule has 0 aliphatic carbocycles. The molecule has 29 heavy (non-hydrogen) atoms. The lowest BCUT2D eigenvalue weighted by Crippen LogP contribution is -2.23. The molecule has 0 unspecified atom stereocenters. The summed E-state index contributed by atoms with van der Waals surface area (Å²) < 4.78 is 12.8. The highest BCUT2D eigenvalue weighted by Gasteiger charge is 2.15. The summed E-state index contributed by atoms with van der Waals surface area (Å²) in [4.78, 5) is 22.3. The molecule has 0 saturated heterocycles. The maximum absolute atomic E-state index is 13.1. The molecule has 5 rings (SSSR count). The fraction of sp³-hybridized carbons (Fsp3) is 0.0952. The van der Waals surface area contributed by atoms with Gasteiger partial charge in [0.15, 0.2) is 10.7 Å². The van der Waals surface area contributed by atoms with Crippen molar-refractivity contribution >= 4 is 45.4 Å². The van der Waals surface area contributed by atoms with Crippen LogP contribution in [0.15, 0.2) is 79.6 Å². The largest absolute Gasteiger partial charge is 0.467 e. The number of benzene rings is 2. The number of halogens is 1. The Morgan fingerprint density at radius 2 is 1.93 bits per heavy atom. The highest BCUT2D eigenvalue weighted by Crippen LogP contribution is 2.25. The lowest BCUT2D eigenvalue weighted by molar-refractivity contribution is 0.476. The van der Waals surface area contributed by atoms with Gasteiger partial charge in [-0.2, -0.15) is 0 Å². The molecule has 144 valence electrons. The van der Waals surface area contributed by atoms with E-state index in [0.29, 0.717) is 38.5 Å². The summed E-state index contributed by atoms with van der Waals surface area (Å²) in [5.74, 6) is 1.68. The highest BCUT2D eigenvalue weighted by molar-refractivity contribution is 7.98. The second kappa shape index (κ2) is 7.42. The van der Waals surface area contributed by atoms with Gasteiger partial charge in [-0.1, -0.05) is 35.5 Å². The molecule has 0 amide bonds. The molecule has 0 fully saturated rings. The van der Waals surface area contributed by atoms with Crippen molar-refractivity contribution in [3.63, 3.8) is 0 Å². The molecule has 0 radical (unpaired) electrons. The van der Waals surface area contributed by atoms with E-state index in [1.165, 1.54) is 11.8 Å². The molecule has 3 heterocycles. The van der Waals surface area contributed by atoms with Crippen molar-refractivity contribution in [3.8, 4) is 0 Å². The Balaban J connectivity index is 1.55. The average Bonchev–Trinajstić information content (AvgIpc) is 3.37. The van der Waals surface area contributed by atoms with Gasteiger partial charge in [0.05, 0.1) is 29.5 Å². The summed E-state index contributed by atoms with van der Waals surface area (Å²) in [5.41, 5.74) is 1.94. The molecule has 6 nitrogen and oxygen atoms in total. The lowest BCUT2D eigenvalue weighted by atomic mass is 10.2. The van der Waals surface area contributed by atoms with Crippen LogP contribution in [0.1, 0.15) is 11.7 Å². The van der Waals surface area contributed by atoms with Crippen molar-refractivity contribution in [3.05, 3.63) is 87.9 Å². The van der Waals surface area contributed by atoms with Crippen LogP contribution in [0.5, 0.6) is 0 Å². The number of hydrogen-bond acceptors (Lipinski definition) is 6. The first-order valence-electron chi connectivity index (χ1n) is 8.87. The minimum absolute atomic E-state index is 0.150. The van der Waals surface area contributed by atoms with Crippen molar-refractivity contribution in [2.24, 2.45) is 0 Å². The number of furan rings is 1. The van der Waals surface area contributed by atoms with E-state index in [1.54, 1.807) is 35.1 Å². The summed E-state index contributed by atoms with van der Waals surface area (Å²) in [6, 6.07) is 16.3. The molecule has 0 aliphatic rings. The molecule has 8 heteroatoms. The minimum atomic E-state index is -0.150. The molecular weight excluding hydrogens is 410 g/mol. The number of fused-ring (bicyclic) bond motifs is 2. The summed E-state index contributed by atoms with van der Waals surface area (Å²) in [7, 11) is 0. The van der Waals surface area contributed by atoms with E-state index in [-0.39, 0.29) is 12.1 Å². The Hall–Kier alpha value is -3.03. The van der Waals surface area contributed by atoms with Crippen LogP contribution in [0.25, 0.3) is 22.0 Å². The van der Waals surface area contributed by atoms with Gasteiger partial charge < -0.3 is 8.83 Å². The second-order valence-corrected chi connectivity index (χ2v) is 7.77. The quantitative estimate of drug-likeness (QED) is 0.288. The maximum Gasteiger partial charge on any atom is 0.262 e. The first-order valence-corrected chi connectivity index (χ1v) is 10.2. The predicted octanol–water partition coefficient (Wildman–Crippen LogP) is 5.12. The molecular formula is C21H14ClN3O3S. The van der Waals surface area contributed by atoms with E-state index in [4.69, 9.17) is 20.4 Å². The predicted molar refractivity (Wildman–Crippen MR) is 112 cm³/mol. The van der Waals surface area contributed by atoms with Crippen molar-refractivity contribution < 1.29 is 8.83 Å². The first kappa shape index (κ1) is 18.0. The topological polar surface area (TPSA) is 74.1 Å². The first-order chi connectivity index (χ1) is 14.2. The van der Waals surface area contributed by atoms with Gasteiger partial charge in [0.2, 0.25) is 5.89 Å². The number of oxazole rings is 1. The van der Waals surface area contributed by atoms with Crippen LogP contribution in [-0.4, -0.2) is 14.5 Å². The van der Waals surface area contributed by atoms with Crippen LogP contribution in [0.2, 0.25) is 5.02 Å². The van der Waals surface area contributed by atoms with Gasteiger partial charge in [0.25, 0.3) is 5.56 Å². The van der Waals surface area contributed by atoms with Crippen LogP contribution in [0, 0.1) is 0 Å². The Bertz CT molecular complexity index is 1340. The van der Waals surface area contributed by atoms with Crippen LogP contribution in [-0.2, 0) is 12.3 Å². The third-order valence-corrected chi connectivity index (χ3v) is 5.64. The monoisotopic (exact) mass is 423 g/mol. The minimum Gasteiger partial charge on any atom is -0.467 e. The van der Waals surface area contributed by atoms with Gasteiger partial charge in [-0.15, -0.1) is 0 Å². The Labute approximate surface area is 174 Å². The van der Waals surface area contributed by atoms with E-state index in [2.05, 4.69) is 9.97 Å².